The molecule has 33 heavy (non-hydrogen) atoms. The van der Waals surface area contributed by atoms with E-state index in [2.05, 4.69) is 22.4 Å². The molecule has 0 aliphatic heterocycles. The Morgan fingerprint density at radius 3 is 2.58 bits per heavy atom. The monoisotopic (exact) mass is 497 g/mol. The van der Waals surface area contributed by atoms with E-state index in [1.165, 1.54) is 0 Å². The Hall–Kier alpha value is -3.06. The van der Waals surface area contributed by atoms with E-state index in [0.29, 0.717) is 28.2 Å². The standard InChI is InChI=1S/C25H21Cl2N3O2S/c1-16-24(19-6-4-3-5-7-19)29-25(33-16)30-28-14-17-9-11-22(23(13-17)31-2)32-15-18-8-10-20(26)21(27)12-18/h3-14H,15H2,1-2H3,(H,29,30)/b28-14+. The molecule has 0 unspecified atom stereocenters. The predicted molar refractivity (Wildman–Crippen MR) is 137 cm³/mol. The number of thiazole rings is 1. The van der Waals surface area contributed by atoms with Crippen LogP contribution in [0.15, 0.2) is 71.8 Å². The molecule has 0 atom stereocenters. The van der Waals surface area contributed by atoms with Crippen molar-refractivity contribution in [1.29, 1.82) is 0 Å². The number of anilines is 1. The second-order valence-electron chi connectivity index (χ2n) is 7.11. The van der Waals surface area contributed by atoms with Crippen molar-refractivity contribution in [2.75, 3.05) is 12.5 Å². The molecule has 3 aromatic carbocycles. The molecular formula is C25H21Cl2N3O2S. The highest BCUT2D eigenvalue weighted by Crippen LogP contribution is 2.31. The summed E-state index contributed by atoms with van der Waals surface area (Å²) in [6.07, 6.45) is 1.71. The Kier molecular flexibility index (Phi) is 7.50. The summed E-state index contributed by atoms with van der Waals surface area (Å²) in [6, 6.07) is 21.1. The van der Waals surface area contributed by atoms with E-state index in [4.69, 9.17) is 32.7 Å². The molecule has 1 N–H and O–H groups in total. The van der Waals surface area contributed by atoms with Crippen LogP contribution in [0, 0.1) is 6.92 Å². The van der Waals surface area contributed by atoms with Crippen molar-refractivity contribution >= 4 is 45.9 Å². The highest BCUT2D eigenvalue weighted by molar-refractivity contribution is 7.16. The molecule has 1 heterocycles. The molecule has 0 fully saturated rings. The molecule has 0 saturated carbocycles. The van der Waals surface area contributed by atoms with Gasteiger partial charge in [0.15, 0.2) is 11.5 Å². The Balaban J connectivity index is 1.41. The molecule has 4 aromatic rings. The van der Waals surface area contributed by atoms with Crippen LogP contribution in [-0.4, -0.2) is 18.3 Å². The number of nitrogens with one attached hydrogen (secondary N) is 1. The minimum Gasteiger partial charge on any atom is -0.493 e. The number of hydrogen-bond acceptors (Lipinski definition) is 6. The van der Waals surface area contributed by atoms with E-state index < -0.39 is 0 Å². The molecular weight excluding hydrogens is 477 g/mol. The molecule has 1 aromatic heterocycles. The number of halogens is 2. The van der Waals surface area contributed by atoms with Gasteiger partial charge in [-0.15, -0.1) is 11.3 Å². The van der Waals surface area contributed by atoms with Gasteiger partial charge in [0.1, 0.15) is 6.61 Å². The summed E-state index contributed by atoms with van der Waals surface area (Å²) in [5.41, 5.74) is 6.83. The number of hydrogen-bond donors (Lipinski definition) is 1. The number of aromatic nitrogens is 1. The van der Waals surface area contributed by atoms with Crippen LogP contribution in [0.4, 0.5) is 5.13 Å². The summed E-state index contributed by atoms with van der Waals surface area (Å²) in [5, 5.41) is 6.07. The van der Waals surface area contributed by atoms with Crippen molar-refractivity contribution in [2.24, 2.45) is 5.10 Å². The van der Waals surface area contributed by atoms with Gasteiger partial charge >= 0.3 is 0 Å². The van der Waals surface area contributed by atoms with Gasteiger partial charge in [-0.05, 0) is 48.4 Å². The third-order valence-electron chi connectivity index (χ3n) is 4.78. The van der Waals surface area contributed by atoms with Gasteiger partial charge in [-0.3, -0.25) is 5.43 Å². The largest absolute Gasteiger partial charge is 0.493 e. The van der Waals surface area contributed by atoms with Gasteiger partial charge in [-0.1, -0.05) is 59.6 Å². The number of aryl methyl sites for hydroxylation is 1. The maximum atomic E-state index is 6.07. The maximum absolute atomic E-state index is 6.07. The fourth-order valence-corrected chi connectivity index (χ4v) is 4.25. The van der Waals surface area contributed by atoms with E-state index in [0.717, 1.165) is 32.4 Å². The maximum Gasteiger partial charge on any atom is 0.204 e. The molecule has 0 aliphatic rings. The van der Waals surface area contributed by atoms with Gasteiger partial charge < -0.3 is 9.47 Å². The van der Waals surface area contributed by atoms with Gasteiger partial charge in [0.2, 0.25) is 5.13 Å². The minimum atomic E-state index is 0.343. The number of rotatable bonds is 8. The van der Waals surface area contributed by atoms with Crippen LogP contribution in [-0.2, 0) is 6.61 Å². The number of hydrazone groups is 1. The van der Waals surface area contributed by atoms with Gasteiger partial charge in [0, 0.05) is 10.4 Å². The molecule has 0 bridgehead atoms. The summed E-state index contributed by atoms with van der Waals surface area (Å²) < 4.78 is 11.4. The quantitative estimate of drug-likeness (QED) is 0.202. The number of methoxy groups -OCH3 is 1. The Bertz CT molecular complexity index is 1280. The minimum absolute atomic E-state index is 0.343. The predicted octanol–water partition coefficient (Wildman–Crippen LogP) is 7.46. The second-order valence-corrected chi connectivity index (χ2v) is 9.12. The second kappa shape index (κ2) is 10.7. The average molecular weight is 498 g/mol. The zero-order valence-corrected chi connectivity index (χ0v) is 20.3. The molecule has 0 radical (unpaired) electrons. The van der Waals surface area contributed by atoms with E-state index in [1.807, 2.05) is 54.6 Å². The summed E-state index contributed by atoms with van der Waals surface area (Å²) in [4.78, 5) is 5.78. The fraction of sp³-hybridized carbons (Fsp3) is 0.120. The Morgan fingerprint density at radius 1 is 1.00 bits per heavy atom. The number of ether oxygens (including phenoxy) is 2. The van der Waals surface area contributed by atoms with Crippen molar-refractivity contribution in [3.05, 3.63) is 92.8 Å². The van der Waals surface area contributed by atoms with E-state index in [1.54, 1.807) is 36.8 Å². The van der Waals surface area contributed by atoms with Crippen LogP contribution < -0.4 is 14.9 Å². The fourth-order valence-electron chi connectivity index (χ4n) is 3.14. The van der Waals surface area contributed by atoms with E-state index in [-0.39, 0.29) is 0 Å². The third kappa shape index (κ3) is 5.85. The first-order chi connectivity index (χ1) is 16.0. The van der Waals surface area contributed by atoms with Gasteiger partial charge in [0.05, 0.1) is 29.1 Å². The Morgan fingerprint density at radius 2 is 1.82 bits per heavy atom. The number of nitrogens with zero attached hydrogens (tertiary/aromatic N) is 2. The lowest BCUT2D eigenvalue weighted by Gasteiger charge is -2.11. The van der Waals surface area contributed by atoms with Crippen LogP contribution in [0.1, 0.15) is 16.0 Å². The molecule has 4 rings (SSSR count). The van der Waals surface area contributed by atoms with E-state index in [9.17, 15) is 0 Å². The van der Waals surface area contributed by atoms with Crippen LogP contribution >= 0.6 is 34.5 Å². The highest BCUT2D eigenvalue weighted by atomic mass is 35.5. The van der Waals surface area contributed by atoms with Crippen molar-refractivity contribution in [3.63, 3.8) is 0 Å². The Labute approximate surface area is 206 Å². The van der Waals surface area contributed by atoms with Gasteiger partial charge in [-0.2, -0.15) is 5.10 Å². The van der Waals surface area contributed by atoms with Gasteiger partial charge in [-0.25, -0.2) is 4.98 Å². The first kappa shape index (κ1) is 23.1. The molecule has 5 nitrogen and oxygen atoms in total. The molecule has 0 spiro atoms. The first-order valence-electron chi connectivity index (χ1n) is 10.1. The summed E-state index contributed by atoms with van der Waals surface area (Å²) in [6.45, 7) is 2.39. The summed E-state index contributed by atoms with van der Waals surface area (Å²) >= 11 is 13.6. The molecule has 0 amide bonds. The van der Waals surface area contributed by atoms with Crippen molar-refractivity contribution < 1.29 is 9.47 Å². The van der Waals surface area contributed by atoms with Crippen molar-refractivity contribution in [2.45, 2.75) is 13.5 Å². The third-order valence-corrected chi connectivity index (χ3v) is 6.40. The van der Waals surface area contributed by atoms with Crippen LogP contribution in [0.25, 0.3) is 11.3 Å². The smallest absolute Gasteiger partial charge is 0.204 e. The molecule has 168 valence electrons. The molecule has 0 aliphatic carbocycles. The molecule has 8 heteroatoms. The van der Waals surface area contributed by atoms with Crippen LogP contribution in [0.5, 0.6) is 11.5 Å². The molecule has 0 saturated heterocycles. The first-order valence-corrected chi connectivity index (χ1v) is 11.7. The van der Waals surface area contributed by atoms with Crippen LogP contribution in [0.2, 0.25) is 10.0 Å². The lowest BCUT2D eigenvalue weighted by molar-refractivity contribution is 0.284. The lowest BCUT2D eigenvalue weighted by atomic mass is 10.1. The van der Waals surface area contributed by atoms with E-state index >= 15 is 0 Å². The SMILES string of the molecule is COc1cc(/C=N/Nc2nc(-c3ccccc3)c(C)s2)ccc1OCc1ccc(Cl)c(Cl)c1. The lowest BCUT2D eigenvalue weighted by Crippen LogP contribution is -1.99. The zero-order chi connectivity index (χ0) is 23.2. The normalized spacial score (nSPS) is 11.0. The zero-order valence-electron chi connectivity index (χ0n) is 18.0. The highest BCUT2D eigenvalue weighted by Gasteiger charge is 2.09. The number of benzene rings is 3. The topological polar surface area (TPSA) is 55.7 Å². The van der Waals surface area contributed by atoms with Gasteiger partial charge in [0.25, 0.3) is 0 Å². The summed E-state index contributed by atoms with van der Waals surface area (Å²) in [7, 11) is 1.60. The average Bonchev–Trinajstić information content (AvgIpc) is 3.21. The van der Waals surface area contributed by atoms with Crippen molar-refractivity contribution in [3.8, 4) is 22.8 Å². The van der Waals surface area contributed by atoms with Crippen LogP contribution in [0.3, 0.4) is 0 Å². The van der Waals surface area contributed by atoms with Crippen molar-refractivity contribution in [1.82, 2.24) is 4.98 Å². The summed E-state index contributed by atoms with van der Waals surface area (Å²) in [5.74, 6) is 1.23.